The van der Waals surface area contributed by atoms with Gasteiger partial charge in [-0.25, -0.2) is 4.79 Å². The maximum atomic E-state index is 10.7. The third kappa shape index (κ3) is 3.24. The van der Waals surface area contributed by atoms with Gasteiger partial charge in [0.2, 0.25) is 5.91 Å². The Hall–Kier alpha value is -1.26. The van der Waals surface area contributed by atoms with E-state index in [2.05, 4.69) is 0 Å². The zero-order valence-electron chi connectivity index (χ0n) is 6.97. The van der Waals surface area contributed by atoms with Gasteiger partial charge in [-0.3, -0.25) is 4.79 Å². The first-order chi connectivity index (χ1) is 5.63. The van der Waals surface area contributed by atoms with E-state index in [1.165, 1.54) is 18.2 Å². The summed E-state index contributed by atoms with van der Waals surface area (Å²) < 4.78 is 0. The van der Waals surface area contributed by atoms with Crippen LogP contribution < -0.4 is 5.73 Å². The zero-order chi connectivity index (χ0) is 9.14. The highest BCUT2D eigenvalue weighted by molar-refractivity contribution is 6.03. The molecule has 1 aromatic rings. The molecule has 1 amide bonds. The molecule has 0 bridgehead atoms. The predicted molar refractivity (Wildman–Crippen MR) is 56.4 cm³/mol. The topological polar surface area (TPSA) is 80.4 Å². The van der Waals surface area contributed by atoms with Crippen LogP contribution in [0.15, 0.2) is 24.3 Å². The first kappa shape index (κ1) is 15.2. The van der Waals surface area contributed by atoms with Gasteiger partial charge in [0, 0.05) is 0 Å². The Balaban J connectivity index is 0. The SMILES string of the molecule is Cl.Cl.NC(=O)c1ccccc1C(=O)O. The van der Waals surface area contributed by atoms with Gasteiger partial charge in [-0.05, 0) is 12.1 Å². The van der Waals surface area contributed by atoms with E-state index in [0.29, 0.717) is 0 Å². The van der Waals surface area contributed by atoms with Crippen molar-refractivity contribution in [2.45, 2.75) is 0 Å². The van der Waals surface area contributed by atoms with Gasteiger partial charge >= 0.3 is 5.97 Å². The van der Waals surface area contributed by atoms with Crippen molar-refractivity contribution in [3.63, 3.8) is 0 Å². The monoisotopic (exact) mass is 237 g/mol. The maximum Gasteiger partial charge on any atom is 0.336 e. The van der Waals surface area contributed by atoms with Gasteiger partial charge in [0.05, 0.1) is 11.1 Å². The number of rotatable bonds is 2. The minimum absolute atomic E-state index is 0. The Kier molecular flexibility index (Phi) is 6.78. The van der Waals surface area contributed by atoms with Crippen molar-refractivity contribution in [1.29, 1.82) is 0 Å². The Labute approximate surface area is 92.9 Å². The lowest BCUT2D eigenvalue weighted by Crippen LogP contribution is -2.15. The van der Waals surface area contributed by atoms with Crippen LogP contribution in [0.1, 0.15) is 20.7 Å². The lowest BCUT2D eigenvalue weighted by atomic mass is 10.1. The van der Waals surface area contributed by atoms with Crippen molar-refractivity contribution in [3.05, 3.63) is 35.4 Å². The number of benzene rings is 1. The largest absolute Gasteiger partial charge is 0.478 e. The molecule has 0 heterocycles. The average molecular weight is 238 g/mol. The van der Waals surface area contributed by atoms with Gasteiger partial charge < -0.3 is 10.8 Å². The lowest BCUT2D eigenvalue weighted by Gasteiger charge is -1.99. The van der Waals surface area contributed by atoms with Crippen LogP contribution in [0.4, 0.5) is 0 Å². The van der Waals surface area contributed by atoms with Gasteiger partial charge in [0.15, 0.2) is 0 Å². The van der Waals surface area contributed by atoms with Gasteiger partial charge in [0.25, 0.3) is 0 Å². The fraction of sp³-hybridized carbons (Fsp3) is 0. The standard InChI is InChI=1S/C8H7NO3.2ClH/c9-7(10)5-3-1-2-4-6(5)8(11)12;;/h1-4H,(H2,9,10)(H,11,12);2*1H. The Bertz CT molecular complexity index is 308. The number of carboxylic acids is 1. The second kappa shape index (κ2) is 6.23. The molecular formula is C8H9Cl2NO3. The molecule has 78 valence electrons. The number of nitrogens with two attached hydrogens (primary N) is 1. The summed E-state index contributed by atoms with van der Waals surface area (Å²) in [6, 6.07) is 5.82. The quantitative estimate of drug-likeness (QED) is 0.815. The average Bonchev–Trinajstić information content (AvgIpc) is 2.04. The molecule has 0 saturated carbocycles. The van der Waals surface area contributed by atoms with Crippen LogP contribution in [0.2, 0.25) is 0 Å². The molecule has 0 unspecified atom stereocenters. The molecule has 6 heteroatoms. The van der Waals surface area contributed by atoms with Crippen LogP contribution in [0.5, 0.6) is 0 Å². The first-order valence-corrected chi connectivity index (χ1v) is 3.25. The van der Waals surface area contributed by atoms with Crippen LogP contribution in [-0.2, 0) is 0 Å². The number of carboxylic acid groups (broad SMARTS) is 1. The van der Waals surface area contributed by atoms with E-state index in [0.717, 1.165) is 0 Å². The molecule has 0 fully saturated rings. The molecule has 0 spiro atoms. The van der Waals surface area contributed by atoms with Crippen molar-refractivity contribution >= 4 is 36.7 Å². The highest BCUT2D eigenvalue weighted by atomic mass is 35.5. The minimum atomic E-state index is -1.15. The summed E-state index contributed by atoms with van der Waals surface area (Å²) in [5.74, 6) is -1.88. The number of primary amides is 1. The van der Waals surface area contributed by atoms with E-state index in [9.17, 15) is 9.59 Å². The summed E-state index contributed by atoms with van der Waals surface area (Å²) in [6.07, 6.45) is 0. The fourth-order valence-corrected chi connectivity index (χ4v) is 0.884. The molecule has 0 aliphatic rings. The fourth-order valence-electron chi connectivity index (χ4n) is 0.884. The molecule has 0 radical (unpaired) electrons. The molecule has 14 heavy (non-hydrogen) atoms. The van der Waals surface area contributed by atoms with Gasteiger partial charge in [-0.15, -0.1) is 24.8 Å². The summed E-state index contributed by atoms with van der Waals surface area (Å²) >= 11 is 0. The van der Waals surface area contributed by atoms with Gasteiger partial charge in [-0.1, -0.05) is 12.1 Å². The smallest absolute Gasteiger partial charge is 0.336 e. The van der Waals surface area contributed by atoms with Crippen molar-refractivity contribution in [2.24, 2.45) is 5.73 Å². The Morgan fingerprint density at radius 2 is 1.50 bits per heavy atom. The molecule has 0 aliphatic heterocycles. The van der Waals surface area contributed by atoms with E-state index < -0.39 is 11.9 Å². The normalized spacial score (nSPS) is 8.00. The number of hydrogen-bond donors (Lipinski definition) is 2. The molecule has 0 atom stereocenters. The molecule has 1 rings (SSSR count). The lowest BCUT2D eigenvalue weighted by molar-refractivity contribution is 0.0692. The number of aromatic carboxylic acids is 1. The number of hydrogen-bond acceptors (Lipinski definition) is 2. The third-order valence-corrected chi connectivity index (χ3v) is 1.42. The van der Waals surface area contributed by atoms with E-state index in [1.807, 2.05) is 0 Å². The van der Waals surface area contributed by atoms with Crippen molar-refractivity contribution < 1.29 is 14.7 Å². The van der Waals surface area contributed by atoms with Crippen LogP contribution in [-0.4, -0.2) is 17.0 Å². The molecular weight excluding hydrogens is 229 g/mol. The number of halogens is 2. The number of carbonyl (C=O) groups is 2. The molecule has 4 nitrogen and oxygen atoms in total. The minimum Gasteiger partial charge on any atom is -0.478 e. The second-order valence-corrected chi connectivity index (χ2v) is 2.21. The summed E-state index contributed by atoms with van der Waals surface area (Å²) in [7, 11) is 0. The van der Waals surface area contributed by atoms with Crippen LogP contribution in [0, 0.1) is 0 Å². The summed E-state index contributed by atoms with van der Waals surface area (Å²) in [5, 5.41) is 8.61. The Morgan fingerprint density at radius 1 is 1.07 bits per heavy atom. The van der Waals surface area contributed by atoms with Crippen LogP contribution >= 0.6 is 24.8 Å². The molecule has 0 saturated heterocycles. The zero-order valence-corrected chi connectivity index (χ0v) is 8.60. The molecule has 0 aromatic heterocycles. The van der Waals surface area contributed by atoms with Crippen molar-refractivity contribution in [2.75, 3.05) is 0 Å². The summed E-state index contributed by atoms with van der Waals surface area (Å²) in [5.41, 5.74) is 4.92. The first-order valence-electron chi connectivity index (χ1n) is 3.25. The Morgan fingerprint density at radius 3 is 1.79 bits per heavy atom. The van der Waals surface area contributed by atoms with E-state index in [-0.39, 0.29) is 35.9 Å². The number of amides is 1. The summed E-state index contributed by atoms with van der Waals surface area (Å²) in [4.78, 5) is 21.2. The molecule has 3 N–H and O–H groups in total. The highest BCUT2D eigenvalue weighted by Gasteiger charge is 2.11. The highest BCUT2D eigenvalue weighted by Crippen LogP contribution is 2.06. The van der Waals surface area contributed by atoms with E-state index in [4.69, 9.17) is 10.8 Å². The van der Waals surface area contributed by atoms with Gasteiger partial charge in [0.1, 0.15) is 0 Å². The number of carbonyl (C=O) groups excluding carboxylic acids is 1. The van der Waals surface area contributed by atoms with Gasteiger partial charge in [-0.2, -0.15) is 0 Å². The van der Waals surface area contributed by atoms with Crippen LogP contribution in [0.3, 0.4) is 0 Å². The maximum absolute atomic E-state index is 10.7. The molecule has 0 aliphatic carbocycles. The summed E-state index contributed by atoms with van der Waals surface area (Å²) in [6.45, 7) is 0. The van der Waals surface area contributed by atoms with Crippen molar-refractivity contribution in [3.8, 4) is 0 Å². The predicted octanol–water partition coefficient (Wildman–Crippen LogP) is 1.33. The van der Waals surface area contributed by atoms with E-state index in [1.54, 1.807) is 6.07 Å². The third-order valence-electron chi connectivity index (χ3n) is 1.42. The molecule has 1 aromatic carbocycles. The van der Waals surface area contributed by atoms with Crippen molar-refractivity contribution in [1.82, 2.24) is 0 Å². The van der Waals surface area contributed by atoms with E-state index >= 15 is 0 Å². The van der Waals surface area contributed by atoms with Crippen LogP contribution in [0.25, 0.3) is 0 Å². The second-order valence-electron chi connectivity index (χ2n) is 2.21.